The minimum Gasteiger partial charge on any atom is -0.393 e. The molecule has 0 aromatic carbocycles. The lowest BCUT2D eigenvalue weighted by molar-refractivity contribution is -0.134. The molecule has 17 heavy (non-hydrogen) atoms. The van der Waals surface area contributed by atoms with E-state index < -0.39 is 0 Å². The van der Waals surface area contributed by atoms with Crippen molar-refractivity contribution < 1.29 is 9.90 Å². The fourth-order valence-electron chi connectivity index (χ4n) is 2.27. The van der Waals surface area contributed by atoms with Crippen molar-refractivity contribution in [1.82, 2.24) is 4.90 Å². The molecule has 1 amide bonds. The Morgan fingerprint density at radius 3 is 2.65 bits per heavy atom. The van der Waals surface area contributed by atoms with Crippen LogP contribution in [0.5, 0.6) is 0 Å². The predicted molar refractivity (Wildman–Crippen MR) is 69.7 cm³/mol. The Balaban J connectivity index is 2.41. The first kappa shape index (κ1) is 14.5. The molecule has 1 N–H and O–H groups in total. The van der Waals surface area contributed by atoms with E-state index in [4.69, 9.17) is 0 Å². The van der Waals surface area contributed by atoms with E-state index in [2.05, 4.69) is 20.8 Å². The van der Waals surface area contributed by atoms with Crippen LogP contribution in [0.25, 0.3) is 0 Å². The van der Waals surface area contributed by atoms with Crippen molar-refractivity contribution in [2.75, 3.05) is 13.1 Å². The number of hydrogen-bond acceptors (Lipinski definition) is 2. The van der Waals surface area contributed by atoms with Crippen molar-refractivity contribution in [2.24, 2.45) is 11.3 Å². The van der Waals surface area contributed by atoms with Gasteiger partial charge < -0.3 is 10.0 Å². The topological polar surface area (TPSA) is 40.5 Å². The molecule has 2 atom stereocenters. The maximum Gasteiger partial charge on any atom is 0.222 e. The van der Waals surface area contributed by atoms with Gasteiger partial charge in [0.15, 0.2) is 0 Å². The Morgan fingerprint density at radius 2 is 2.12 bits per heavy atom. The SMILES string of the molecule is CC(O)C1CCCN(C(=O)CCC(C)(C)C)C1. The summed E-state index contributed by atoms with van der Waals surface area (Å²) < 4.78 is 0. The van der Waals surface area contributed by atoms with Gasteiger partial charge in [-0.25, -0.2) is 0 Å². The van der Waals surface area contributed by atoms with Gasteiger partial charge in [0.1, 0.15) is 0 Å². The maximum atomic E-state index is 12.1. The third-order valence-corrected chi connectivity index (χ3v) is 3.58. The van der Waals surface area contributed by atoms with E-state index >= 15 is 0 Å². The van der Waals surface area contributed by atoms with Crippen molar-refractivity contribution in [3.63, 3.8) is 0 Å². The summed E-state index contributed by atoms with van der Waals surface area (Å²) in [6.07, 6.45) is 3.34. The number of aliphatic hydroxyl groups is 1. The second kappa shape index (κ2) is 5.85. The molecule has 1 rings (SSSR count). The van der Waals surface area contributed by atoms with Crippen LogP contribution in [0, 0.1) is 11.3 Å². The summed E-state index contributed by atoms with van der Waals surface area (Å²) in [5.41, 5.74) is 0.217. The highest BCUT2D eigenvalue weighted by Gasteiger charge is 2.26. The smallest absolute Gasteiger partial charge is 0.222 e. The van der Waals surface area contributed by atoms with Gasteiger partial charge in [-0.2, -0.15) is 0 Å². The molecule has 1 heterocycles. The molecule has 1 saturated heterocycles. The lowest BCUT2D eigenvalue weighted by Crippen LogP contribution is -2.43. The molecule has 0 aromatic rings. The van der Waals surface area contributed by atoms with Crippen molar-refractivity contribution in [2.45, 2.75) is 59.5 Å². The van der Waals surface area contributed by atoms with E-state index in [9.17, 15) is 9.90 Å². The van der Waals surface area contributed by atoms with Crippen molar-refractivity contribution in [3.05, 3.63) is 0 Å². The Kier molecular flexibility index (Phi) is 4.99. The largest absolute Gasteiger partial charge is 0.393 e. The van der Waals surface area contributed by atoms with E-state index in [1.165, 1.54) is 0 Å². The molecule has 0 saturated carbocycles. The van der Waals surface area contributed by atoms with E-state index in [1.807, 2.05) is 11.8 Å². The number of likely N-dealkylation sites (tertiary alicyclic amines) is 1. The van der Waals surface area contributed by atoms with Crippen molar-refractivity contribution in [1.29, 1.82) is 0 Å². The van der Waals surface area contributed by atoms with E-state index in [0.29, 0.717) is 6.42 Å². The summed E-state index contributed by atoms with van der Waals surface area (Å²) in [6, 6.07) is 0. The van der Waals surface area contributed by atoms with Crippen LogP contribution in [0.3, 0.4) is 0 Å². The molecule has 1 fully saturated rings. The van der Waals surface area contributed by atoms with Gasteiger partial charge in [-0.15, -0.1) is 0 Å². The number of nitrogens with zero attached hydrogens (tertiary/aromatic N) is 1. The van der Waals surface area contributed by atoms with Gasteiger partial charge in [0.25, 0.3) is 0 Å². The van der Waals surface area contributed by atoms with Crippen LogP contribution in [0.15, 0.2) is 0 Å². The zero-order chi connectivity index (χ0) is 13.1. The lowest BCUT2D eigenvalue weighted by Gasteiger charge is -2.34. The average Bonchev–Trinajstić information content (AvgIpc) is 2.25. The first-order valence-electron chi connectivity index (χ1n) is 6.75. The van der Waals surface area contributed by atoms with Gasteiger partial charge in [0.05, 0.1) is 6.10 Å². The summed E-state index contributed by atoms with van der Waals surface area (Å²) >= 11 is 0. The molecule has 1 aliphatic heterocycles. The van der Waals surface area contributed by atoms with E-state index in [0.717, 1.165) is 32.4 Å². The molecule has 1 aliphatic rings. The Hall–Kier alpha value is -0.570. The van der Waals surface area contributed by atoms with Crippen LogP contribution in [0.4, 0.5) is 0 Å². The fourth-order valence-corrected chi connectivity index (χ4v) is 2.27. The fraction of sp³-hybridized carbons (Fsp3) is 0.929. The molecule has 100 valence electrons. The first-order chi connectivity index (χ1) is 7.79. The Labute approximate surface area is 105 Å². The number of carbonyl (C=O) groups is 1. The highest BCUT2D eigenvalue weighted by molar-refractivity contribution is 5.76. The van der Waals surface area contributed by atoms with Crippen molar-refractivity contribution >= 4 is 5.91 Å². The summed E-state index contributed by atoms with van der Waals surface area (Å²) in [4.78, 5) is 14.0. The zero-order valence-electron chi connectivity index (χ0n) is 11.7. The van der Waals surface area contributed by atoms with Gasteiger partial charge in [-0.05, 0) is 31.6 Å². The third kappa shape index (κ3) is 5.07. The maximum absolute atomic E-state index is 12.1. The normalized spacial score (nSPS) is 23.6. The van der Waals surface area contributed by atoms with Crippen LogP contribution in [0.2, 0.25) is 0 Å². The molecule has 0 bridgehead atoms. The second-order valence-electron chi connectivity index (χ2n) is 6.54. The van der Waals surface area contributed by atoms with Crippen LogP contribution in [0.1, 0.15) is 53.4 Å². The standard InChI is InChI=1S/C14H27NO2/c1-11(16)12-6-5-9-15(10-12)13(17)7-8-14(2,3)4/h11-12,16H,5-10H2,1-4H3. The quantitative estimate of drug-likeness (QED) is 0.824. The van der Waals surface area contributed by atoms with Crippen molar-refractivity contribution in [3.8, 4) is 0 Å². The number of hydrogen-bond donors (Lipinski definition) is 1. The number of rotatable bonds is 3. The molecule has 3 nitrogen and oxygen atoms in total. The lowest BCUT2D eigenvalue weighted by atomic mass is 9.89. The predicted octanol–water partition coefficient (Wildman–Crippen LogP) is 2.43. The van der Waals surface area contributed by atoms with Crippen LogP contribution >= 0.6 is 0 Å². The minimum atomic E-state index is -0.298. The molecular formula is C14H27NO2. The molecule has 0 radical (unpaired) electrons. The summed E-state index contributed by atoms with van der Waals surface area (Å²) in [5.74, 6) is 0.521. The van der Waals surface area contributed by atoms with Crippen LogP contribution in [-0.2, 0) is 4.79 Å². The summed E-state index contributed by atoms with van der Waals surface area (Å²) in [7, 11) is 0. The summed E-state index contributed by atoms with van der Waals surface area (Å²) in [5, 5.41) is 9.60. The number of aliphatic hydroxyl groups excluding tert-OH is 1. The number of carbonyl (C=O) groups excluding carboxylic acids is 1. The monoisotopic (exact) mass is 241 g/mol. The average molecular weight is 241 g/mol. The van der Waals surface area contributed by atoms with Gasteiger partial charge in [-0.1, -0.05) is 20.8 Å². The highest BCUT2D eigenvalue weighted by Crippen LogP contribution is 2.24. The van der Waals surface area contributed by atoms with Gasteiger partial charge in [0.2, 0.25) is 5.91 Å². The van der Waals surface area contributed by atoms with Crippen LogP contribution < -0.4 is 0 Å². The first-order valence-corrected chi connectivity index (χ1v) is 6.75. The molecule has 0 spiro atoms. The molecular weight excluding hydrogens is 214 g/mol. The Bertz CT molecular complexity index is 255. The van der Waals surface area contributed by atoms with Gasteiger partial charge >= 0.3 is 0 Å². The number of piperidine rings is 1. The second-order valence-corrected chi connectivity index (χ2v) is 6.54. The molecule has 2 unspecified atom stereocenters. The van der Waals surface area contributed by atoms with Crippen LogP contribution in [-0.4, -0.2) is 35.1 Å². The number of amides is 1. The minimum absolute atomic E-state index is 0.217. The van der Waals surface area contributed by atoms with Gasteiger partial charge in [-0.3, -0.25) is 4.79 Å². The van der Waals surface area contributed by atoms with E-state index in [1.54, 1.807) is 0 Å². The third-order valence-electron chi connectivity index (χ3n) is 3.58. The highest BCUT2D eigenvalue weighted by atomic mass is 16.3. The molecule has 3 heteroatoms. The van der Waals surface area contributed by atoms with E-state index in [-0.39, 0.29) is 23.3 Å². The van der Waals surface area contributed by atoms with Gasteiger partial charge in [0, 0.05) is 25.4 Å². The zero-order valence-corrected chi connectivity index (χ0v) is 11.7. The molecule has 0 aromatic heterocycles. The summed E-state index contributed by atoms with van der Waals surface area (Å²) in [6.45, 7) is 9.92. The molecule has 0 aliphatic carbocycles. The Morgan fingerprint density at radius 1 is 1.47 bits per heavy atom.